The van der Waals surface area contributed by atoms with E-state index in [0.29, 0.717) is 12.4 Å². The van der Waals surface area contributed by atoms with Crippen LogP contribution in [0.4, 0.5) is 5.82 Å². The van der Waals surface area contributed by atoms with E-state index in [2.05, 4.69) is 20.0 Å². The van der Waals surface area contributed by atoms with E-state index in [1.165, 1.54) is 0 Å². The van der Waals surface area contributed by atoms with Gasteiger partial charge in [-0.2, -0.15) is 5.10 Å². The van der Waals surface area contributed by atoms with Crippen LogP contribution in [-0.2, 0) is 0 Å². The van der Waals surface area contributed by atoms with Gasteiger partial charge in [0, 0.05) is 37.2 Å². The normalized spacial score (nSPS) is 17.6. The summed E-state index contributed by atoms with van der Waals surface area (Å²) < 4.78 is 1.81. The second kappa shape index (κ2) is 5.81. The molecule has 4 rings (SSSR count). The van der Waals surface area contributed by atoms with Gasteiger partial charge in [0.25, 0.3) is 0 Å². The number of aliphatic hydroxyl groups is 1. The molecule has 6 nitrogen and oxygen atoms in total. The highest BCUT2D eigenvalue weighted by atomic mass is 16.3. The number of aliphatic hydroxyl groups excluding tert-OH is 1. The Hall–Kier alpha value is -2.73. The SMILES string of the molecule is O[C@@H]1CCN(c2ccnc(-c3ccc(-n4cccn4)cc3)n2)C1. The van der Waals surface area contributed by atoms with Crippen molar-refractivity contribution in [3.8, 4) is 17.1 Å². The lowest BCUT2D eigenvalue weighted by molar-refractivity contribution is 0.198. The van der Waals surface area contributed by atoms with Gasteiger partial charge in [0.1, 0.15) is 5.82 Å². The van der Waals surface area contributed by atoms with E-state index in [1.807, 2.05) is 47.3 Å². The average molecular weight is 307 g/mol. The first-order valence-electron chi connectivity index (χ1n) is 7.66. The molecule has 1 saturated heterocycles. The molecule has 0 spiro atoms. The standard InChI is InChI=1S/C17H17N5O/c23-15-7-11-21(12-15)16-6-9-18-17(20-16)13-2-4-14(5-3-13)22-10-1-8-19-22/h1-6,8-10,15,23H,7,11-12H2/t15-/m1/s1. The van der Waals surface area contributed by atoms with E-state index in [4.69, 9.17) is 0 Å². The quantitative estimate of drug-likeness (QED) is 0.800. The Balaban J connectivity index is 1.60. The zero-order chi connectivity index (χ0) is 15.6. The minimum absolute atomic E-state index is 0.262. The number of nitrogens with zero attached hydrogens (tertiary/aromatic N) is 5. The van der Waals surface area contributed by atoms with Gasteiger partial charge in [-0.25, -0.2) is 14.6 Å². The van der Waals surface area contributed by atoms with E-state index in [9.17, 15) is 5.11 Å². The number of aromatic nitrogens is 4. The average Bonchev–Trinajstić information content (AvgIpc) is 3.27. The van der Waals surface area contributed by atoms with E-state index in [0.717, 1.165) is 30.0 Å². The summed E-state index contributed by atoms with van der Waals surface area (Å²) in [5, 5.41) is 13.9. The van der Waals surface area contributed by atoms with Crippen LogP contribution in [0.2, 0.25) is 0 Å². The molecule has 1 atom stereocenters. The van der Waals surface area contributed by atoms with Crippen LogP contribution in [0.25, 0.3) is 17.1 Å². The van der Waals surface area contributed by atoms with Crippen LogP contribution in [-0.4, -0.2) is 44.0 Å². The van der Waals surface area contributed by atoms with Crippen molar-refractivity contribution in [3.05, 3.63) is 55.0 Å². The lowest BCUT2D eigenvalue weighted by atomic mass is 10.2. The minimum atomic E-state index is -0.262. The number of hydrogen-bond acceptors (Lipinski definition) is 5. The van der Waals surface area contributed by atoms with Crippen LogP contribution in [0, 0.1) is 0 Å². The predicted molar refractivity (Wildman–Crippen MR) is 87.4 cm³/mol. The maximum absolute atomic E-state index is 9.67. The number of anilines is 1. The molecule has 1 aliphatic rings. The molecule has 1 aromatic carbocycles. The Bertz CT molecular complexity index is 785. The molecular weight excluding hydrogens is 290 g/mol. The molecule has 2 aromatic heterocycles. The lowest BCUT2D eigenvalue weighted by Crippen LogP contribution is -2.22. The fraction of sp³-hybridized carbons (Fsp3) is 0.235. The summed E-state index contributed by atoms with van der Waals surface area (Å²) in [4.78, 5) is 11.1. The zero-order valence-corrected chi connectivity index (χ0v) is 12.6. The smallest absolute Gasteiger partial charge is 0.161 e. The molecule has 0 bridgehead atoms. The van der Waals surface area contributed by atoms with Crippen molar-refractivity contribution in [1.82, 2.24) is 19.7 Å². The second-order valence-electron chi connectivity index (χ2n) is 5.62. The van der Waals surface area contributed by atoms with E-state index < -0.39 is 0 Å². The molecule has 1 fully saturated rings. The molecule has 6 heteroatoms. The number of hydrogen-bond donors (Lipinski definition) is 1. The van der Waals surface area contributed by atoms with Gasteiger partial charge in [-0.3, -0.25) is 0 Å². The topological polar surface area (TPSA) is 67.1 Å². The fourth-order valence-electron chi connectivity index (χ4n) is 2.80. The van der Waals surface area contributed by atoms with Crippen molar-refractivity contribution >= 4 is 5.82 Å². The number of β-amino-alcohol motifs (C(OH)–C–C–N with tert-alkyl or cyclic N) is 1. The van der Waals surface area contributed by atoms with Crippen LogP contribution in [0.15, 0.2) is 55.0 Å². The summed E-state index contributed by atoms with van der Waals surface area (Å²) in [5.41, 5.74) is 1.96. The molecule has 0 unspecified atom stereocenters. The first-order valence-corrected chi connectivity index (χ1v) is 7.66. The monoisotopic (exact) mass is 307 g/mol. The highest BCUT2D eigenvalue weighted by molar-refractivity contribution is 5.59. The van der Waals surface area contributed by atoms with E-state index in [-0.39, 0.29) is 6.10 Å². The zero-order valence-electron chi connectivity index (χ0n) is 12.6. The largest absolute Gasteiger partial charge is 0.391 e. The molecule has 3 aromatic rings. The van der Waals surface area contributed by atoms with Crippen LogP contribution in [0.5, 0.6) is 0 Å². The minimum Gasteiger partial charge on any atom is -0.391 e. The molecule has 23 heavy (non-hydrogen) atoms. The van der Waals surface area contributed by atoms with Crippen LogP contribution < -0.4 is 4.90 Å². The summed E-state index contributed by atoms with van der Waals surface area (Å²) in [7, 11) is 0. The van der Waals surface area contributed by atoms with Gasteiger partial charge in [-0.1, -0.05) is 0 Å². The Morgan fingerprint density at radius 1 is 1.09 bits per heavy atom. The first kappa shape index (κ1) is 13.9. The molecule has 3 heterocycles. The molecular formula is C17H17N5O. The van der Waals surface area contributed by atoms with Crippen LogP contribution >= 0.6 is 0 Å². The lowest BCUT2D eigenvalue weighted by Gasteiger charge is -2.16. The van der Waals surface area contributed by atoms with Crippen molar-refractivity contribution in [3.63, 3.8) is 0 Å². The summed E-state index contributed by atoms with van der Waals surface area (Å²) in [6.07, 6.45) is 5.96. The predicted octanol–water partition coefficient (Wildman–Crippen LogP) is 1.90. The maximum Gasteiger partial charge on any atom is 0.161 e. The molecule has 0 amide bonds. The van der Waals surface area contributed by atoms with Crippen molar-refractivity contribution in [2.24, 2.45) is 0 Å². The molecule has 116 valence electrons. The van der Waals surface area contributed by atoms with E-state index in [1.54, 1.807) is 12.4 Å². The van der Waals surface area contributed by atoms with Gasteiger partial charge < -0.3 is 10.0 Å². The maximum atomic E-state index is 9.67. The third-order valence-electron chi connectivity index (χ3n) is 4.02. The summed E-state index contributed by atoms with van der Waals surface area (Å²) in [5.74, 6) is 1.55. The molecule has 1 aliphatic heterocycles. The van der Waals surface area contributed by atoms with Crippen molar-refractivity contribution in [2.75, 3.05) is 18.0 Å². The Labute approximate surface area is 134 Å². The Kier molecular flexibility index (Phi) is 3.51. The Morgan fingerprint density at radius 2 is 1.96 bits per heavy atom. The third kappa shape index (κ3) is 2.80. The molecule has 1 N–H and O–H groups in total. The number of rotatable bonds is 3. The van der Waals surface area contributed by atoms with Crippen molar-refractivity contribution in [1.29, 1.82) is 0 Å². The molecule has 0 radical (unpaired) electrons. The number of benzene rings is 1. The highest BCUT2D eigenvalue weighted by Gasteiger charge is 2.21. The van der Waals surface area contributed by atoms with Crippen molar-refractivity contribution in [2.45, 2.75) is 12.5 Å². The van der Waals surface area contributed by atoms with Gasteiger partial charge in [-0.15, -0.1) is 0 Å². The van der Waals surface area contributed by atoms with Gasteiger partial charge >= 0.3 is 0 Å². The second-order valence-corrected chi connectivity index (χ2v) is 5.62. The van der Waals surface area contributed by atoms with Gasteiger partial charge in [-0.05, 0) is 42.8 Å². The van der Waals surface area contributed by atoms with Crippen molar-refractivity contribution < 1.29 is 5.11 Å². The van der Waals surface area contributed by atoms with Gasteiger partial charge in [0.15, 0.2) is 5.82 Å². The van der Waals surface area contributed by atoms with Gasteiger partial charge in [0.2, 0.25) is 0 Å². The third-order valence-corrected chi connectivity index (χ3v) is 4.02. The van der Waals surface area contributed by atoms with E-state index >= 15 is 0 Å². The summed E-state index contributed by atoms with van der Waals surface area (Å²) >= 11 is 0. The van der Waals surface area contributed by atoms with Crippen LogP contribution in [0.1, 0.15) is 6.42 Å². The summed E-state index contributed by atoms with van der Waals surface area (Å²) in [6, 6.07) is 11.8. The van der Waals surface area contributed by atoms with Gasteiger partial charge in [0.05, 0.1) is 11.8 Å². The highest BCUT2D eigenvalue weighted by Crippen LogP contribution is 2.22. The fourth-order valence-corrected chi connectivity index (χ4v) is 2.80. The molecule has 0 aliphatic carbocycles. The first-order chi connectivity index (χ1) is 11.3. The molecule has 0 saturated carbocycles. The Morgan fingerprint density at radius 3 is 2.65 bits per heavy atom. The summed E-state index contributed by atoms with van der Waals surface area (Å²) in [6.45, 7) is 1.46. The van der Waals surface area contributed by atoms with Crippen LogP contribution in [0.3, 0.4) is 0 Å².